The van der Waals surface area contributed by atoms with Crippen molar-refractivity contribution >= 4 is 28.4 Å². The van der Waals surface area contributed by atoms with Crippen LogP contribution in [0, 0.1) is 5.82 Å². The second-order valence-electron chi connectivity index (χ2n) is 4.44. The number of methoxy groups -OCH3 is 1. The Morgan fingerprint density at radius 3 is 2.76 bits per heavy atom. The summed E-state index contributed by atoms with van der Waals surface area (Å²) >= 11 is 5.87. The molecular formula is C16H10ClFO3. The second-order valence-corrected chi connectivity index (χ2v) is 4.88. The zero-order chi connectivity index (χ0) is 15.0. The fraction of sp³-hybridized carbons (Fsp3) is 0.0625. The minimum atomic E-state index is -0.505. The van der Waals surface area contributed by atoms with Crippen molar-refractivity contribution in [3.05, 3.63) is 64.6 Å². The van der Waals surface area contributed by atoms with E-state index in [1.165, 1.54) is 25.3 Å². The molecule has 0 unspecified atom stereocenters. The molecule has 21 heavy (non-hydrogen) atoms. The lowest BCUT2D eigenvalue weighted by Crippen LogP contribution is -2.02. The van der Waals surface area contributed by atoms with Gasteiger partial charge in [-0.25, -0.2) is 4.39 Å². The summed E-state index contributed by atoms with van der Waals surface area (Å²) in [7, 11) is 1.45. The van der Waals surface area contributed by atoms with Crippen LogP contribution in [0.4, 0.5) is 4.39 Å². The number of fused-ring (bicyclic) bond motifs is 1. The van der Waals surface area contributed by atoms with Crippen molar-refractivity contribution < 1.29 is 18.3 Å². The Morgan fingerprint density at radius 1 is 1.24 bits per heavy atom. The van der Waals surface area contributed by atoms with Gasteiger partial charge in [0.25, 0.3) is 0 Å². The number of hydrogen-bond acceptors (Lipinski definition) is 3. The van der Waals surface area contributed by atoms with E-state index in [0.717, 1.165) is 0 Å². The number of carbonyl (C=O) groups excluding carboxylic acids is 1. The molecule has 0 spiro atoms. The standard InChI is InChI=1S/C16H10ClFO3/c1-20-13-8-10(17)5-6-11(13)15(19)14-7-9-3-2-4-12(18)16(9)21-14/h2-8H,1H3. The summed E-state index contributed by atoms with van der Waals surface area (Å²) in [5, 5.41) is 0.991. The van der Waals surface area contributed by atoms with E-state index in [-0.39, 0.29) is 17.1 Å². The monoisotopic (exact) mass is 304 g/mol. The lowest BCUT2D eigenvalue weighted by molar-refractivity contribution is 0.101. The predicted molar refractivity (Wildman–Crippen MR) is 77.6 cm³/mol. The molecule has 0 radical (unpaired) electrons. The number of rotatable bonds is 3. The van der Waals surface area contributed by atoms with Crippen LogP contribution in [-0.2, 0) is 0 Å². The highest BCUT2D eigenvalue weighted by atomic mass is 35.5. The molecule has 0 aliphatic rings. The van der Waals surface area contributed by atoms with Gasteiger partial charge in [-0.05, 0) is 30.3 Å². The molecule has 5 heteroatoms. The maximum absolute atomic E-state index is 13.6. The molecule has 1 aromatic heterocycles. The van der Waals surface area contributed by atoms with Crippen molar-refractivity contribution in [3.8, 4) is 5.75 Å². The molecule has 3 aromatic rings. The lowest BCUT2D eigenvalue weighted by atomic mass is 10.1. The average molecular weight is 305 g/mol. The molecule has 0 amide bonds. The van der Waals surface area contributed by atoms with Crippen LogP contribution in [0.1, 0.15) is 16.1 Å². The largest absolute Gasteiger partial charge is 0.496 e. The molecule has 1 heterocycles. The molecule has 106 valence electrons. The number of furan rings is 1. The molecule has 0 aliphatic heterocycles. The van der Waals surface area contributed by atoms with E-state index in [0.29, 0.717) is 21.7 Å². The van der Waals surface area contributed by atoms with Crippen molar-refractivity contribution in [1.29, 1.82) is 0 Å². The van der Waals surface area contributed by atoms with Crippen LogP contribution < -0.4 is 4.74 Å². The van der Waals surface area contributed by atoms with Crippen molar-refractivity contribution in [2.45, 2.75) is 0 Å². The predicted octanol–water partition coefficient (Wildman–Crippen LogP) is 4.46. The van der Waals surface area contributed by atoms with Gasteiger partial charge in [-0.3, -0.25) is 4.79 Å². The zero-order valence-corrected chi connectivity index (χ0v) is 11.8. The number of hydrogen-bond donors (Lipinski definition) is 0. The first-order chi connectivity index (χ1) is 10.1. The molecule has 0 fully saturated rings. The average Bonchev–Trinajstić information content (AvgIpc) is 2.92. The SMILES string of the molecule is COc1cc(Cl)ccc1C(=O)c1cc2cccc(F)c2o1. The van der Waals surface area contributed by atoms with Crippen LogP contribution in [0.15, 0.2) is 46.9 Å². The summed E-state index contributed by atoms with van der Waals surface area (Å²) in [6.45, 7) is 0. The second kappa shape index (κ2) is 5.22. The van der Waals surface area contributed by atoms with E-state index >= 15 is 0 Å². The fourth-order valence-electron chi connectivity index (χ4n) is 2.12. The van der Waals surface area contributed by atoms with Gasteiger partial charge in [-0.2, -0.15) is 0 Å². The third-order valence-electron chi connectivity index (χ3n) is 3.13. The van der Waals surface area contributed by atoms with Gasteiger partial charge in [-0.1, -0.05) is 23.7 Å². The van der Waals surface area contributed by atoms with E-state index in [1.807, 2.05) is 0 Å². The van der Waals surface area contributed by atoms with Gasteiger partial charge >= 0.3 is 0 Å². The highest BCUT2D eigenvalue weighted by molar-refractivity contribution is 6.31. The lowest BCUT2D eigenvalue weighted by Gasteiger charge is -2.06. The molecule has 2 aromatic carbocycles. The van der Waals surface area contributed by atoms with Gasteiger partial charge in [0.1, 0.15) is 5.75 Å². The Bertz CT molecular complexity index is 839. The minimum Gasteiger partial charge on any atom is -0.496 e. The van der Waals surface area contributed by atoms with Crippen molar-refractivity contribution in [2.75, 3.05) is 7.11 Å². The number of carbonyl (C=O) groups is 1. The molecule has 3 nitrogen and oxygen atoms in total. The molecular weight excluding hydrogens is 295 g/mol. The van der Waals surface area contributed by atoms with Gasteiger partial charge in [-0.15, -0.1) is 0 Å². The number of ketones is 1. The zero-order valence-electron chi connectivity index (χ0n) is 11.0. The third-order valence-corrected chi connectivity index (χ3v) is 3.36. The summed E-state index contributed by atoms with van der Waals surface area (Å²) < 4.78 is 24.1. The highest BCUT2D eigenvalue weighted by Gasteiger charge is 2.19. The van der Waals surface area contributed by atoms with Crippen molar-refractivity contribution in [2.24, 2.45) is 0 Å². The number of halogens is 2. The van der Waals surface area contributed by atoms with E-state index in [9.17, 15) is 9.18 Å². The van der Waals surface area contributed by atoms with E-state index < -0.39 is 5.82 Å². The topological polar surface area (TPSA) is 39.4 Å². The van der Waals surface area contributed by atoms with Gasteiger partial charge < -0.3 is 9.15 Å². The quantitative estimate of drug-likeness (QED) is 0.670. The highest BCUT2D eigenvalue weighted by Crippen LogP contribution is 2.28. The van der Waals surface area contributed by atoms with Gasteiger partial charge in [0.05, 0.1) is 12.7 Å². The summed E-state index contributed by atoms with van der Waals surface area (Å²) in [5.74, 6) is -0.502. The normalized spacial score (nSPS) is 10.8. The Labute approximate surface area is 124 Å². The van der Waals surface area contributed by atoms with Crippen LogP contribution in [0.2, 0.25) is 5.02 Å². The first kappa shape index (κ1) is 13.6. The van der Waals surface area contributed by atoms with E-state index in [1.54, 1.807) is 24.3 Å². The molecule has 0 atom stereocenters. The molecule has 0 saturated heterocycles. The maximum Gasteiger partial charge on any atom is 0.231 e. The summed E-state index contributed by atoms with van der Waals surface area (Å²) in [4.78, 5) is 12.5. The first-order valence-electron chi connectivity index (χ1n) is 6.16. The van der Waals surface area contributed by atoms with Crippen molar-refractivity contribution in [1.82, 2.24) is 0 Å². The molecule has 0 bridgehead atoms. The maximum atomic E-state index is 13.6. The Morgan fingerprint density at radius 2 is 2.05 bits per heavy atom. The molecule has 0 aliphatic carbocycles. The summed E-state index contributed by atoms with van der Waals surface area (Å²) in [6.07, 6.45) is 0. The number of benzene rings is 2. The van der Waals surface area contributed by atoms with Gasteiger partial charge in [0, 0.05) is 10.4 Å². The van der Waals surface area contributed by atoms with Gasteiger partial charge in [0.15, 0.2) is 17.2 Å². The Kier molecular flexibility index (Phi) is 3.39. The van der Waals surface area contributed by atoms with E-state index in [2.05, 4.69) is 0 Å². The van der Waals surface area contributed by atoms with Crippen LogP contribution >= 0.6 is 11.6 Å². The van der Waals surface area contributed by atoms with Gasteiger partial charge in [0.2, 0.25) is 5.78 Å². The summed E-state index contributed by atoms with van der Waals surface area (Å²) in [6, 6.07) is 10.7. The number of ether oxygens (including phenoxy) is 1. The van der Waals surface area contributed by atoms with Crippen LogP contribution in [0.3, 0.4) is 0 Å². The Balaban J connectivity index is 2.10. The van der Waals surface area contributed by atoms with E-state index in [4.69, 9.17) is 20.8 Å². The van der Waals surface area contributed by atoms with Crippen molar-refractivity contribution in [3.63, 3.8) is 0 Å². The van der Waals surface area contributed by atoms with Crippen LogP contribution in [0.5, 0.6) is 5.75 Å². The molecule has 3 rings (SSSR count). The smallest absolute Gasteiger partial charge is 0.231 e. The minimum absolute atomic E-state index is 0.0516. The first-order valence-corrected chi connectivity index (χ1v) is 6.54. The third kappa shape index (κ3) is 2.38. The van der Waals surface area contributed by atoms with Crippen LogP contribution in [-0.4, -0.2) is 12.9 Å². The fourth-order valence-corrected chi connectivity index (χ4v) is 2.29. The van der Waals surface area contributed by atoms with Crippen LogP contribution in [0.25, 0.3) is 11.0 Å². The molecule has 0 saturated carbocycles. The molecule has 0 N–H and O–H groups in total. The summed E-state index contributed by atoms with van der Waals surface area (Å²) in [5.41, 5.74) is 0.371. The number of para-hydroxylation sites is 1. The Hall–Kier alpha value is -2.33.